The highest BCUT2D eigenvalue weighted by Gasteiger charge is 2.02. The lowest BCUT2D eigenvalue weighted by molar-refractivity contribution is -0.125. The molecular formula is C15H19NO2. The van der Waals surface area contributed by atoms with E-state index in [0.717, 1.165) is 11.3 Å². The molecule has 1 amide bonds. The molecule has 3 nitrogen and oxygen atoms in total. The number of hydrogen-bond donors (Lipinski definition) is 1. The first-order valence-electron chi connectivity index (χ1n) is 5.96. The lowest BCUT2D eigenvalue weighted by atomic mass is 10.2. The van der Waals surface area contributed by atoms with Gasteiger partial charge < -0.3 is 10.1 Å². The maximum Gasteiger partial charge on any atom is 0.250 e. The summed E-state index contributed by atoms with van der Waals surface area (Å²) in [5, 5.41) is 2.76. The van der Waals surface area contributed by atoms with Gasteiger partial charge in [-0.25, -0.2) is 0 Å². The van der Waals surface area contributed by atoms with Crippen LogP contribution in [-0.2, 0) is 16.1 Å². The predicted octanol–water partition coefficient (Wildman–Crippen LogP) is 2.80. The molecule has 0 atom stereocenters. The summed E-state index contributed by atoms with van der Waals surface area (Å²) < 4.78 is 5.34. The maximum absolute atomic E-state index is 11.6. The van der Waals surface area contributed by atoms with Gasteiger partial charge in [-0.1, -0.05) is 42.5 Å². The van der Waals surface area contributed by atoms with E-state index in [1.807, 2.05) is 62.4 Å². The standard InChI is InChI=1S/C15H19NO2/c1-3-8-14(4-2)16-15(17)12-18-11-13-9-6-5-7-10-13/h3-10H,11-12H2,1-2H3,(H,16,17). The topological polar surface area (TPSA) is 38.3 Å². The molecule has 1 N–H and O–H groups in total. The van der Waals surface area contributed by atoms with Crippen LogP contribution < -0.4 is 5.32 Å². The molecule has 0 spiro atoms. The molecule has 1 aromatic carbocycles. The maximum atomic E-state index is 11.6. The molecule has 0 radical (unpaired) electrons. The minimum atomic E-state index is -0.142. The zero-order chi connectivity index (χ0) is 13.2. The molecule has 0 aliphatic heterocycles. The molecule has 0 bridgehead atoms. The minimum Gasteiger partial charge on any atom is -0.367 e. The molecule has 0 fully saturated rings. The van der Waals surface area contributed by atoms with Crippen LogP contribution in [0.1, 0.15) is 19.4 Å². The number of carbonyl (C=O) groups excluding carboxylic acids is 1. The normalized spacial score (nSPS) is 11.8. The molecule has 18 heavy (non-hydrogen) atoms. The van der Waals surface area contributed by atoms with Gasteiger partial charge in [-0.3, -0.25) is 4.79 Å². The van der Waals surface area contributed by atoms with Gasteiger partial charge in [0.25, 0.3) is 0 Å². The van der Waals surface area contributed by atoms with Gasteiger partial charge in [-0.05, 0) is 25.5 Å². The van der Waals surface area contributed by atoms with Crippen LogP contribution in [0.25, 0.3) is 0 Å². The van der Waals surface area contributed by atoms with Crippen molar-refractivity contribution in [2.24, 2.45) is 0 Å². The summed E-state index contributed by atoms with van der Waals surface area (Å²) in [4.78, 5) is 11.6. The van der Waals surface area contributed by atoms with Gasteiger partial charge in [0.1, 0.15) is 6.61 Å². The molecule has 96 valence electrons. The Morgan fingerprint density at radius 1 is 1.28 bits per heavy atom. The number of allylic oxidation sites excluding steroid dienone is 3. The summed E-state index contributed by atoms with van der Waals surface area (Å²) in [6.45, 7) is 4.29. The van der Waals surface area contributed by atoms with E-state index in [9.17, 15) is 4.79 Å². The highest BCUT2D eigenvalue weighted by atomic mass is 16.5. The van der Waals surface area contributed by atoms with Crippen LogP contribution in [0, 0.1) is 0 Å². The van der Waals surface area contributed by atoms with Gasteiger partial charge in [0, 0.05) is 5.70 Å². The smallest absolute Gasteiger partial charge is 0.250 e. The fourth-order valence-electron chi connectivity index (χ4n) is 1.42. The summed E-state index contributed by atoms with van der Waals surface area (Å²) >= 11 is 0. The van der Waals surface area contributed by atoms with Crippen LogP contribution in [0.5, 0.6) is 0 Å². The van der Waals surface area contributed by atoms with Crippen LogP contribution in [0.4, 0.5) is 0 Å². The van der Waals surface area contributed by atoms with E-state index in [4.69, 9.17) is 4.74 Å². The summed E-state index contributed by atoms with van der Waals surface area (Å²) in [7, 11) is 0. The SMILES string of the molecule is CC=CC(=CC)NC(=O)COCc1ccccc1. The molecular weight excluding hydrogens is 226 g/mol. The molecule has 3 heteroatoms. The number of rotatable bonds is 6. The Bertz CT molecular complexity index is 421. The van der Waals surface area contributed by atoms with Gasteiger partial charge in [-0.15, -0.1) is 0 Å². The van der Waals surface area contributed by atoms with Gasteiger partial charge in [-0.2, -0.15) is 0 Å². The number of benzene rings is 1. The van der Waals surface area contributed by atoms with Crippen molar-refractivity contribution in [3.05, 3.63) is 59.8 Å². The van der Waals surface area contributed by atoms with Crippen LogP contribution in [0.2, 0.25) is 0 Å². The lowest BCUT2D eigenvalue weighted by Gasteiger charge is -2.06. The number of carbonyl (C=O) groups is 1. The monoisotopic (exact) mass is 245 g/mol. The summed E-state index contributed by atoms with van der Waals surface area (Å²) in [6, 6.07) is 9.78. The number of hydrogen-bond acceptors (Lipinski definition) is 2. The van der Waals surface area contributed by atoms with Crippen molar-refractivity contribution in [3.8, 4) is 0 Å². The number of amides is 1. The Kier molecular flexibility index (Phi) is 6.51. The predicted molar refractivity (Wildman–Crippen MR) is 72.8 cm³/mol. The Morgan fingerprint density at radius 3 is 2.61 bits per heavy atom. The fourth-order valence-corrected chi connectivity index (χ4v) is 1.42. The van der Waals surface area contributed by atoms with Crippen molar-refractivity contribution in [3.63, 3.8) is 0 Å². The Balaban J connectivity index is 2.29. The van der Waals surface area contributed by atoms with E-state index in [0.29, 0.717) is 6.61 Å². The van der Waals surface area contributed by atoms with Crippen LogP contribution in [-0.4, -0.2) is 12.5 Å². The van der Waals surface area contributed by atoms with Crippen molar-refractivity contribution in [2.45, 2.75) is 20.5 Å². The zero-order valence-corrected chi connectivity index (χ0v) is 10.8. The third kappa shape index (κ3) is 5.46. The van der Waals surface area contributed by atoms with Gasteiger partial charge in [0.15, 0.2) is 0 Å². The largest absolute Gasteiger partial charge is 0.367 e. The third-order valence-electron chi connectivity index (χ3n) is 2.29. The molecule has 0 saturated carbocycles. The van der Waals surface area contributed by atoms with E-state index in [2.05, 4.69) is 5.32 Å². The molecule has 0 heterocycles. The summed E-state index contributed by atoms with van der Waals surface area (Å²) in [6.07, 6.45) is 5.56. The average Bonchev–Trinajstić information content (AvgIpc) is 2.39. The van der Waals surface area contributed by atoms with Gasteiger partial charge in [0.2, 0.25) is 5.91 Å². The first-order chi connectivity index (χ1) is 8.76. The van der Waals surface area contributed by atoms with Gasteiger partial charge >= 0.3 is 0 Å². The zero-order valence-electron chi connectivity index (χ0n) is 10.8. The third-order valence-corrected chi connectivity index (χ3v) is 2.29. The van der Waals surface area contributed by atoms with E-state index < -0.39 is 0 Å². The second kappa shape index (κ2) is 8.25. The van der Waals surface area contributed by atoms with E-state index >= 15 is 0 Å². The summed E-state index contributed by atoms with van der Waals surface area (Å²) in [5.74, 6) is -0.142. The molecule has 0 aromatic heterocycles. The van der Waals surface area contributed by atoms with Crippen LogP contribution >= 0.6 is 0 Å². The average molecular weight is 245 g/mol. The van der Waals surface area contributed by atoms with Crippen molar-refractivity contribution < 1.29 is 9.53 Å². The Hall–Kier alpha value is -1.87. The number of nitrogens with one attached hydrogen (secondary N) is 1. The number of ether oxygens (including phenoxy) is 1. The Labute approximate surface area is 108 Å². The van der Waals surface area contributed by atoms with E-state index in [-0.39, 0.29) is 12.5 Å². The lowest BCUT2D eigenvalue weighted by Crippen LogP contribution is -2.26. The van der Waals surface area contributed by atoms with Crippen LogP contribution in [0.3, 0.4) is 0 Å². The second-order valence-corrected chi connectivity index (χ2v) is 3.77. The Morgan fingerprint density at radius 2 is 2.00 bits per heavy atom. The van der Waals surface area contributed by atoms with Crippen molar-refractivity contribution in [1.82, 2.24) is 5.32 Å². The molecule has 0 aliphatic carbocycles. The molecule has 1 rings (SSSR count). The molecule has 0 aliphatic rings. The molecule has 0 saturated heterocycles. The van der Waals surface area contributed by atoms with E-state index in [1.165, 1.54) is 0 Å². The van der Waals surface area contributed by atoms with Crippen LogP contribution in [0.15, 0.2) is 54.3 Å². The molecule has 0 unspecified atom stereocenters. The minimum absolute atomic E-state index is 0.0593. The first kappa shape index (κ1) is 14.2. The quantitative estimate of drug-likeness (QED) is 0.783. The second-order valence-electron chi connectivity index (χ2n) is 3.77. The van der Waals surface area contributed by atoms with Crippen molar-refractivity contribution in [1.29, 1.82) is 0 Å². The van der Waals surface area contributed by atoms with E-state index in [1.54, 1.807) is 0 Å². The summed E-state index contributed by atoms with van der Waals surface area (Å²) in [5.41, 5.74) is 1.84. The highest BCUT2D eigenvalue weighted by Crippen LogP contribution is 2.00. The fraction of sp³-hybridized carbons (Fsp3) is 0.267. The van der Waals surface area contributed by atoms with Gasteiger partial charge in [0.05, 0.1) is 6.61 Å². The molecule has 1 aromatic rings. The first-order valence-corrected chi connectivity index (χ1v) is 5.96. The van der Waals surface area contributed by atoms with Crippen molar-refractivity contribution in [2.75, 3.05) is 6.61 Å². The highest BCUT2D eigenvalue weighted by molar-refractivity contribution is 5.79. The van der Waals surface area contributed by atoms with Crippen molar-refractivity contribution >= 4 is 5.91 Å².